The quantitative estimate of drug-likeness (QED) is 0.911. The smallest absolute Gasteiger partial charge is 0.393 e. The van der Waals surface area contributed by atoms with Crippen molar-refractivity contribution in [3.05, 3.63) is 41.4 Å². The van der Waals surface area contributed by atoms with Gasteiger partial charge in [0.2, 0.25) is 0 Å². The van der Waals surface area contributed by atoms with Crippen LogP contribution in [0.1, 0.15) is 4.88 Å². The molecule has 1 saturated heterocycles. The normalized spacial score (nSPS) is 22.0. The predicted octanol–water partition coefficient (Wildman–Crippen LogP) is 3.51. The summed E-state index contributed by atoms with van der Waals surface area (Å²) in [5, 5.41) is 9.85. The molecule has 1 aromatic carbocycles. The number of carboxylic acid groups (broad SMARTS) is 1. The van der Waals surface area contributed by atoms with E-state index in [0.29, 0.717) is 0 Å². The number of halogens is 3. The predicted molar refractivity (Wildman–Crippen MR) is 83.5 cm³/mol. The lowest BCUT2D eigenvalue weighted by Crippen LogP contribution is -2.33. The molecule has 0 bridgehead atoms. The maximum atomic E-state index is 13.0. The van der Waals surface area contributed by atoms with E-state index in [1.165, 1.54) is 11.3 Å². The second-order valence-corrected chi connectivity index (χ2v) is 6.90. The summed E-state index contributed by atoms with van der Waals surface area (Å²) in [7, 11) is 0. The first-order valence-corrected chi connectivity index (χ1v) is 8.18. The molecule has 1 N–H and O–H groups in total. The molecule has 1 aromatic heterocycles. The van der Waals surface area contributed by atoms with E-state index in [4.69, 9.17) is 5.11 Å². The lowest BCUT2D eigenvalue weighted by molar-refractivity contribution is -0.188. The fraction of sp³-hybridized carbons (Fsp3) is 0.375. The van der Waals surface area contributed by atoms with Crippen LogP contribution in [0.2, 0.25) is 0 Å². The summed E-state index contributed by atoms with van der Waals surface area (Å²) in [4.78, 5) is 17.8. The molecule has 2 atom stereocenters. The number of benzene rings is 1. The van der Waals surface area contributed by atoms with Gasteiger partial charge < -0.3 is 5.11 Å². The number of carbonyl (C=O) groups is 1. The number of aliphatic carboxylic acids is 1. The third kappa shape index (κ3) is 3.59. The van der Waals surface area contributed by atoms with Crippen LogP contribution in [0.5, 0.6) is 0 Å². The summed E-state index contributed by atoms with van der Waals surface area (Å²) < 4.78 is 39.0. The first kappa shape index (κ1) is 16.9. The van der Waals surface area contributed by atoms with Crippen molar-refractivity contribution in [2.24, 2.45) is 11.8 Å². The minimum atomic E-state index is -4.50. The molecule has 1 aliphatic heterocycles. The molecule has 0 unspecified atom stereocenters. The summed E-state index contributed by atoms with van der Waals surface area (Å²) in [6.45, 7) is -0.113. The van der Waals surface area contributed by atoms with Crippen LogP contribution in [0.3, 0.4) is 0 Å². The summed E-state index contributed by atoms with van der Waals surface area (Å²) in [6.07, 6.45) is -2.86. The molecule has 2 heterocycles. The summed E-state index contributed by atoms with van der Waals surface area (Å²) >= 11 is 1.41. The van der Waals surface area contributed by atoms with E-state index < -0.39 is 24.0 Å². The Hall–Kier alpha value is -1.93. The Morgan fingerprint density at radius 3 is 2.58 bits per heavy atom. The fourth-order valence-corrected chi connectivity index (χ4v) is 3.87. The van der Waals surface area contributed by atoms with Gasteiger partial charge >= 0.3 is 12.1 Å². The zero-order valence-electron chi connectivity index (χ0n) is 12.5. The maximum Gasteiger partial charge on any atom is 0.393 e. The van der Waals surface area contributed by atoms with E-state index in [2.05, 4.69) is 4.98 Å². The zero-order chi connectivity index (χ0) is 17.3. The van der Waals surface area contributed by atoms with Crippen LogP contribution < -0.4 is 0 Å². The number of rotatable bonds is 4. The van der Waals surface area contributed by atoms with Gasteiger partial charge in [-0.15, -0.1) is 11.3 Å². The van der Waals surface area contributed by atoms with Crippen LogP contribution in [0.15, 0.2) is 36.5 Å². The van der Waals surface area contributed by atoms with Gasteiger partial charge in [-0.3, -0.25) is 9.69 Å². The largest absolute Gasteiger partial charge is 0.481 e. The minimum absolute atomic E-state index is 0.0991. The van der Waals surface area contributed by atoms with E-state index in [-0.39, 0.29) is 19.6 Å². The maximum absolute atomic E-state index is 13.0. The third-order valence-corrected chi connectivity index (χ3v) is 5.12. The van der Waals surface area contributed by atoms with Crippen LogP contribution in [-0.4, -0.2) is 40.2 Å². The van der Waals surface area contributed by atoms with Crippen molar-refractivity contribution in [2.75, 3.05) is 13.1 Å². The molecule has 1 aliphatic rings. The van der Waals surface area contributed by atoms with Gasteiger partial charge in [-0.2, -0.15) is 13.2 Å². The number of hydrogen-bond donors (Lipinski definition) is 1. The SMILES string of the molecule is O=C(O)[C@@H]1CN(Cc2cnc(-c3ccccc3)s2)C[C@H]1C(F)(F)F. The highest BCUT2D eigenvalue weighted by Crippen LogP contribution is 2.38. The van der Waals surface area contributed by atoms with Crippen molar-refractivity contribution < 1.29 is 23.1 Å². The zero-order valence-corrected chi connectivity index (χ0v) is 13.3. The summed E-state index contributed by atoms with van der Waals surface area (Å²) in [5.74, 6) is -4.63. The van der Waals surface area contributed by atoms with Crippen molar-refractivity contribution in [3.63, 3.8) is 0 Å². The molecule has 24 heavy (non-hydrogen) atoms. The average Bonchev–Trinajstić information content (AvgIpc) is 3.15. The highest BCUT2D eigenvalue weighted by atomic mass is 32.1. The van der Waals surface area contributed by atoms with Gasteiger partial charge in [-0.1, -0.05) is 30.3 Å². The number of hydrogen-bond acceptors (Lipinski definition) is 4. The first-order chi connectivity index (χ1) is 11.3. The Labute approximate surface area is 140 Å². The van der Waals surface area contributed by atoms with Crippen molar-refractivity contribution in [1.82, 2.24) is 9.88 Å². The number of carboxylic acids is 1. The Morgan fingerprint density at radius 1 is 1.29 bits per heavy atom. The fourth-order valence-electron chi connectivity index (χ4n) is 2.91. The molecule has 2 aromatic rings. The molecule has 0 saturated carbocycles. The molecule has 4 nitrogen and oxygen atoms in total. The molecule has 3 rings (SSSR count). The molecule has 0 spiro atoms. The van der Waals surface area contributed by atoms with Crippen LogP contribution in [0, 0.1) is 11.8 Å². The van der Waals surface area contributed by atoms with Gasteiger partial charge in [0.05, 0.1) is 11.8 Å². The molecule has 8 heteroatoms. The first-order valence-electron chi connectivity index (χ1n) is 7.36. The van der Waals surface area contributed by atoms with Crippen molar-refractivity contribution >= 4 is 17.3 Å². The Kier molecular flexibility index (Phi) is 4.60. The summed E-state index contributed by atoms with van der Waals surface area (Å²) in [5.41, 5.74) is 0.951. The standard InChI is InChI=1S/C16H15F3N2O2S/c17-16(18,19)13-9-21(8-12(13)15(22)23)7-11-6-20-14(24-11)10-4-2-1-3-5-10/h1-6,12-13H,7-9H2,(H,22,23)/t12-,13-/m1/s1. The molecule has 0 aliphatic carbocycles. The number of alkyl halides is 3. The van der Waals surface area contributed by atoms with Gasteiger partial charge in [0.25, 0.3) is 0 Å². The van der Waals surface area contributed by atoms with E-state index >= 15 is 0 Å². The second kappa shape index (κ2) is 6.52. The van der Waals surface area contributed by atoms with Gasteiger partial charge in [0, 0.05) is 36.3 Å². The average molecular weight is 356 g/mol. The molecule has 128 valence electrons. The van der Waals surface area contributed by atoms with Crippen LogP contribution in [0.25, 0.3) is 10.6 Å². The van der Waals surface area contributed by atoms with Gasteiger partial charge in [0.15, 0.2) is 0 Å². The minimum Gasteiger partial charge on any atom is -0.481 e. The lowest BCUT2D eigenvalue weighted by Gasteiger charge is -2.18. The van der Waals surface area contributed by atoms with Crippen molar-refractivity contribution in [1.29, 1.82) is 0 Å². The number of thiazole rings is 1. The van der Waals surface area contributed by atoms with Crippen molar-refractivity contribution in [3.8, 4) is 10.6 Å². The Balaban J connectivity index is 1.71. The van der Waals surface area contributed by atoms with Gasteiger partial charge in [0.1, 0.15) is 5.01 Å². The van der Waals surface area contributed by atoms with E-state index in [1.54, 1.807) is 11.1 Å². The second-order valence-electron chi connectivity index (χ2n) is 5.78. The Bertz CT molecular complexity index is 718. The topological polar surface area (TPSA) is 53.4 Å². The van der Waals surface area contributed by atoms with E-state index in [9.17, 15) is 18.0 Å². The number of aromatic nitrogens is 1. The van der Waals surface area contributed by atoms with Crippen molar-refractivity contribution in [2.45, 2.75) is 12.7 Å². The monoisotopic (exact) mass is 356 g/mol. The van der Waals surface area contributed by atoms with Gasteiger partial charge in [-0.25, -0.2) is 4.98 Å². The third-order valence-electron chi connectivity index (χ3n) is 4.09. The highest BCUT2D eigenvalue weighted by molar-refractivity contribution is 7.15. The highest BCUT2D eigenvalue weighted by Gasteiger charge is 2.52. The number of nitrogens with zero attached hydrogens (tertiary/aromatic N) is 2. The molecule has 1 fully saturated rings. The van der Waals surface area contributed by atoms with Crippen LogP contribution in [-0.2, 0) is 11.3 Å². The molecule has 0 radical (unpaired) electrons. The number of likely N-dealkylation sites (tertiary alicyclic amines) is 1. The Morgan fingerprint density at radius 2 is 2.00 bits per heavy atom. The molecular formula is C16H15F3N2O2S. The summed E-state index contributed by atoms with van der Waals surface area (Å²) in [6, 6.07) is 9.51. The van der Waals surface area contributed by atoms with E-state index in [0.717, 1.165) is 15.4 Å². The molecule has 0 amide bonds. The molecular weight excluding hydrogens is 341 g/mol. The van der Waals surface area contributed by atoms with E-state index in [1.807, 2.05) is 30.3 Å². The lowest BCUT2D eigenvalue weighted by atomic mass is 9.96. The van der Waals surface area contributed by atoms with Crippen LogP contribution >= 0.6 is 11.3 Å². The van der Waals surface area contributed by atoms with Gasteiger partial charge in [-0.05, 0) is 0 Å². The van der Waals surface area contributed by atoms with Crippen LogP contribution in [0.4, 0.5) is 13.2 Å².